The van der Waals surface area contributed by atoms with E-state index in [1.54, 1.807) is 6.20 Å². The maximum atomic E-state index is 11.3. The summed E-state index contributed by atoms with van der Waals surface area (Å²) in [6, 6.07) is 0. The van der Waals surface area contributed by atoms with Gasteiger partial charge in [-0.3, -0.25) is 9.59 Å². The number of carbonyl (C=O) groups is 1. The van der Waals surface area contributed by atoms with Gasteiger partial charge in [-0.05, 0) is 0 Å². The molecule has 0 bridgehead atoms. The Balaban J connectivity index is 2.42. The fourth-order valence-electron chi connectivity index (χ4n) is 1.32. The molecule has 1 aromatic rings. The maximum absolute atomic E-state index is 11.3. The van der Waals surface area contributed by atoms with Crippen LogP contribution in [0.1, 0.15) is 5.56 Å². The molecule has 2 rings (SSSR count). The predicted octanol–water partition coefficient (Wildman–Crippen LogP) is -0.0239. The van der Waals surface area contributed by atoms with Gasteiger partial charge in [0.15, 0.2) is 5.16 Å². The standard InChI is InChI=1S/C8H8N2O3S/c11-6(12)3-5-4-10-1-2-14-8(10)9-7(5)13/h4H,1-3H2,(H,11,12). The second-order valence-corrected chi connectivity index (χ2v) is 4.03. The highest BCUT2D eigenvalue weighted by molar-refractivity contribution is 7.99. The van der Waals surface area contributed by atoms with Gasteiger partial charge in [0.05, 0.1) is 6.42 Å². The Morgan fingerprint density at radius 3 is 3.21 bits per heavy atom. The molecule has 14 heavy (non-hydrogen) atoms. The van der Waals surface area contributed by atoms with Crippen LogP contribution in [0.15, 0.2) is 16.1 Å². The Morgan fingerprint density at radius 1 is 1.71 bits per heavy atom. The summed E-state index contributed by atoms with van der Waals surface area (Å²) in [6.45, 7) is 0.792. The van der Waals surface area contributed by atoms with Crippen molar-refractivity contribution in [2.45, 2.75) is 18.1 Å². The number of hydrogen-bond donors (Lipinski definition) is 1. The molecule has 1 aliphatic heterocycles. The molecule has 2 heterocycles. The van der Waals surface area contributed by atoms with E-state index in [1.807, 2.05) is 4.57 Å². The summed E-state index contributed by atoms with van der Waals surface area (Å²) in [6.07, 6.45) is 1.34. The maximum Gasteiger partial charge on any atom is 0.308 e. The quantitative estimate of drug-likeness (QED) is 0.697. The van der Waals surface area contributed by atoms with Crippen molar-refractivity contribution in [2.75, 3.05) is 5.75 Å². The topological polar surface area (TPSA) is 72.2 Å². The first-order valence-electron chi connectivity index (χ1n) is 4.12. The third kappa shape index (κ3) is 1.65. The van der Waals surface area contributed by atoms with Crippen LogP contribution in [-0.2, 0) is 17.8 Å². The molecule has 0 saturated heterocycles. The molecule has 1 aromatic heterocycles. The summed E-state index contributed by atoms with van der Waals surface area (Å²) in [4.78, 5) is 25.6. The van der Waals surface area contributed by atoms with Gasteiger partial charge in [-0.25, -0.2) is 0 Å². The molecule has 0 atom stereocenters. The number of carboxylic acids is 1. The lowest BCUT2D eigenvalue weighted by molar-refractivity contribution is -0.136. The molecule has 0 aromatic carbocycles. The minimum Gasteiger partial charge on any atom is -0.481 e. The van der Waals surface area contributed by atoms with Gasteiger partial charge < -0.3 is 9.67 Å². The minimum atomic E-state index is -1.00. The second-order valence-electron chi connectivity index (χ2n) is 2.97. The first kappa shape index (κ1) is 9.26. The van der Waals surface area contributed by atoms with Gasteiger partial charge in [0, 0.05) is 24.1 Å². The number of carboxylic acid groups (broad SMARTS) is 1. The molecule has 0 spiro atoms. The average Bonchev–Trinajstić information content (AvgIpc) is 2.51. The molecular formula is C8H8N2O3S. The molecule has 74 valence electrons. The molecule has 1 aliphatic rings. The lowest BCUT2D eigenvalue weighted by Crippen LogP contribution is -2.19. The highest BCUT2D eigenvalue weighted by Crippen LogP contribution is 2.21. The molecule has 1 N–H and O–H groups in total. The van der Waals surface area contributed by atoms with Crippen LogP contribution in [0, 0.1) is 0 Å². The highest BCUT2D eigenvalue weighted by Gasteiger charge is 2.15. The predicted molar refractivity (Wildman–Crippen MR) is 50.6 cm³/mol. The number of thioether (sulfide) groups is 1. The first-order chi connectivity index (χ1) is 6.66. The van der Waals surface area contributed by atoms with E-state index in [2.05, 4.69) is 4.98 Å². The van der Waals surface area contributed by atoms with E-state index < -0.39 is 11.5 Å². The molecule has 0 aliphatic carbocycles. The summed E-state index contributed by atoms with van der Waals surface area (Å²) in [5.41, 5.74) is -0.170. The van der Waals surface area contributed by atoms with Gasteiger partial charge in [-0.2, -0.15) is 4.98 Å². The molecule has 0 unspecified atom stereocenters. The van der Waals surface area contributed by atoms with Crippen LogP contribution >= 0.6 is 11.8 Å². The third-order valence-electron chi connectivity index (χ3n) is 1.93. The van der Waals surface area contributed by atoms with Crippen molar-refractivity contribution in [3.8, 4) is 0 Å². The van der Waals surface area contributed by atoms with Gasteiger partial charge in [0.2, 0.25) is 0 Å². The van der Waals surface area contributed by atoms with E-state index in [1.165, 1.54) is 11.8 Å². The SMILES string of the molecule is O=C(O)Cc1cn2c(nc1=O)SCC2. The number of aryl methyl sites for hydroxylation is 1. The van der Waals surface area contributed by atoms with E-state index in [0.717, 1.165) is 12.3 Å². The van der Waals surface area contributed by atoms with Crippen molar-refractivity contribution in [2.24, 2.45) is 0 Å². The van der Waals surface area contributed by atoms with Crippen molar-refractivity contribution in [3.05, 3.63) is 22.1 Å². The molecule has 0 fully saturated rings. The highest BCUT2D eigenvalue weighted by atomic mass is 32.2. The Labute approximate surface area is 83.8 Å². The fourth-order valence-corrected chi connectivity index (χ4v) is 2.24. The summed E-state index contributed by atoms with van der Waals surface area (Å²) < 4.78 is 1.82. The number of fused-ring (bicyclic) bond motifs is 1. The van der Waals surface area contributed by atoms with Crippen LogP contribution in [0.4, 0.5) is 0 Å². The van der Waals surface area contributed by atoms with Crippen molar-refractivity contribution >= 4 is 17.7 Å². The van der Waals surface area contributed by atoms with Gasteiger partial charge >= 0.3 is 5.97 Å². The molecule has 6 heteroatoms. The largest absolute Gasteiger partial charge is 0.481 e. The summed E-state index contributed by atoms with van der Waals surface area (Å²) in [5.74, 6) is -0.113. The van der Waals surface area contributed by atoms with Gasteiger partial charge in [-0.1, -0.05) is 11.8 Å². The van der Waals surface area contributed by atoms with Crippen LogP contribution in [-0.4, -0.2) is 26.4 Å². The van der Waals surface area contributed by atoms with E-state index in [0.29, 0.717) is 5.16 Å². The van der Waals surface area contributed by atoms with Gasteiger partial charge in [-0.15, -0.1) is 0 Å². The first-order valence-corrected chi connectivity index (χ1v) is 5.10. The lowest BCUT2D eigenvalue weighted by Gasteiger charge is -2.02. The van der Waals surface area contributed by atoms with Crippen LogP contribution in [0.2, 0.25) is 0 Å². The van der Waals surface area contributed by atoms with E-state index in [4.69, 9.17) is 5.11 Å². The lowest BCUT2D eigenvalue weighted by atomic mass is 10.2. The summed E-state index contributed by atoms with van der Waals surface area (Å²) in [5, 5.41) is 9.24. The number of hydrogen-bond acceptors (Lipinski definition) is 4. The van der Waals surface area contributed by atoms with Crippen molar-refractivity contribution in [1.29, 1.82) is 0 Å². The second kappa shape index (κ2) is 3.45. The average molecular weight is 212 g/mol. The Bertz CT molecular complexity index is 441. The van der Waals surface area contributed by atoms with Crippen molar-refractivity contribution in [3.63, 3.8) is 0 Å². The molecule has 0 saturated carbocycles. The fraction of sp³-hybridized carbons (Fsp3) is 0.375. The number of aliphatic carboxylic acids is 1. The minimum absolute atomic E-state index is 0.253. The third-order valence-corrected chi connectivity index (χ3v) is 2.90. The zero-order valence-electron chi connectivity index (χ0n) is 7.27. The Hall–Kier alpha value is -1.30. The normalized spacial score (nSPS) is 14.0. The Kier molecular flexibility index (Phi) is 2.28. The van der Waals surface area contributed by atoms with Crippen LogP contribution < -0.4 is 5.56 Å². The smallest absolute Gasteiger partial charge is 0.308 e. The zero-order valence-corrected chi connectivity index (χ0v) is 8.08. The van der Waals surface area contributed by atoms with E-state index in [-0.39, 0.29) is 12.0 Å². The van der Waals surface area contributed by atoms with Gasteiger partial charge in [0.1, 0.15) is 0 Å². The van der Waals surface area contributed by atoms with Crippen molar-refractivity contribution in [1.82, 2.24) is 9.55 Å². The summed E-state index contributed by atoms with van der Waals surface area (Å²) in [7, 11) is 0. The summed E-state index contributed by atoms with van der Waals surface area (Å²) >= 11 is 1.51. The molecule has 0 radical (unpaired) electrons. The van der Waals surface area contributed by atoms with Crippen molar-refractivity contribution < 1.29 is 9.90 Å². The van der Waals surface area contributed by atoms with E-state index >= 15 is 0 Å². The number of nitrogens with zero attached hydrogens (tertiary/aromatic N) is 2. The molecule has 0 amide bonds. The van der Waals surface area contributed by atoms with E-state index in [9.17, 15) is 9.59 Å². The molecule has 5 nitrogen and oxygen atoms in total. The Morgan fingerprint density at radius 2 is 2.50 bits per heavy atom. The number of rotatable bonds is 2. The number of aromatic nitrogens is 2. The monoisotopic (exact) mass is 212 g/mol. The van der Waals surface area contributed by atoms with Crippen LogP contribution in [0.25, 0.3) is 0 Å². The molecular weight excluding hydrogens is 204 g/mol. The zero-order chi connectivity index (χ0) is 10.1. The van der Waals surface area contributed by atoms with Gasteiger partial charge in [0.25, 0.3) is 5.56 Å². The van der Waals surface area contributed by atoms with Crippen LogP contribution in [0.5, 0.6) is 0 Å². The van der Waals surface area contributed by atoms with Crippen LogP contribution in [0.3, 0.4) is 0 Å².